The van der Waals surface area contributed by atoms with E-state index in [0.717, 1.165) is 38.3 Å². The molecule has 1 rings (SSSR count). The number of hydrogen-bond acceptors (Lipinski definition) is 2. The summed E-state index contributed by atoms with van der Waals surface area (Å²) in [6.07, 6.45) is 5.56. The van der Waals surface area contributed by atoms with Crippen molar-refractivity contribution in [2.24, 2.45) is 11.7 Å². The molecule has 15 heavy (non-hydrogen) atoms. The summed E-state index contributed by atoms with van der Waals surface area (Å²) in [4.78, 5) is 13.9. The van der Waals surface area contributed by atoms with E-state index in [1.165, 1.54) is 12.8 Å². The van der Waals surface area contributed by atoms with Gasteiger partial charge in [-0.3, -0.25) is 4.79 Å². The molecular formula is C12H24N2O. The van der Waals surface area contributed by atoms with Crippen molar-refractivity contribution in [1.82, 2.24) is 4.90 Å². The molecule has 1 fully saturated rings. The van der Waals surface area contributed by atoms with Gasteiger partial charge in [0.25, 0.3) is 0 Å². The SMILES string of the molecule is CCCCC(N)C(=O)N(CC)CC1CC1. The normalized spacial score (nSPS) is 17.5. The number of carbonyl (C=O) groups is 1. The highest BCUT2D eigenvalue weighted by molar-refractivity contribution is 5.81. The van der Waals surface area contributed by atoms with Crippen molar-refractivity contribution in [2.45, 2.75) is 52.0 Å². The number of nitrogens with two attached hydrogens (primary N) is 1. The first kappa shape index (κ1) is 12.5. The van der Waals surface area contributed by atoms with E-state index in [1.807, 2.05) is 11.8 Å². The summed E-state index contributed by atoms with van der Waals surface area (Å²) in [5.74, 6) is 0.908. The van der Waals surface area contributed by atoms with Crippen molar-refractivity contribution in [2.75, 3.05) is 13.1 Å². The Kier molecular flexibility index (Phi) is 5.09. The van der Waals surface area contributed by atoms with Crippen molar-refractivity contribution in [3.63, 3.8) is 0 Å². The molecule has 0 heterocycles. The third kappa shape index (κ3) is 4.20. The van der Waals surface area contributed by atoms with E-state index < -0.39 is 0 Å². The molecule has 0 aromatic carbocycles. The average molecular weight is 212 g/mol. The van der Waals surface area contributed by atoms with Crippen LogP contribution < -0.4 is 5.73 Å². The lowest BCUT2D eigenvalue weighted by atomic mass is 10.1. The Balaban J connectivity index is 2.32. The topological polar surface area (TPSA) is 46.3 Å². The lowest BCUT2D eigenvalue weighted by molar-refractivity contribution is -0.132. The van der Waals surface area contributed by atoms with Crippen LogP contribution in [0, 0.1) is 5.92 Å². The minimum absolute atomic E-state index is 0.151. The van der Waals surface area contributed by atoms with E-state index in [2.05, 4.69) is 6.92 Å². The van der Waals surface area contributed by atoms with E-state index in [9.17, 15) is 4.79 Å². The number of unbranched alkanes of at least 4 members (excludes halogenated alkanes) is 1. The molecule has 1 atom stereocenters. The van der Waals surface area contributed by atoms with Crippen LogP contribution in [0.5, 0.6) is 0 Å². The Morgan fingerprint density at radius 1 is 1.47 bits per heavy atom. The molecule has 1 aliphatic carbocycles. The van der Waals surface area contributed by atoms with Crippen LogP contribution in [-0.2, 0) is 4.79 Å². The van der Waals surface area contributed by atoms with Gasteiger partial charge >= 0.3 is 0 Å². The molecule has 0 aliphatic heterocycles. The van der Waals surface area contributed by atoms with Crippen LogP contribution in [0.2, 0.25) is 0 Å². The molecule has 0 radical (unpaired) electrons. The highest BCUT2D eigenvalue weighted by Crippen LogP contribution is 2.29. The molecule has 88 valence electrons. The van der Waals surface area contributed by atoms with Crippen molar-refractivity contribution in [1.29, 1.82) is 0 Å². The monoisotopic (exact) mass is 212 g/mol. The third-order valence-corrected chi connectivity index (χ3v) is 3.05. The largest absolute Gasteiger partial charge is 0.341 e. The zero-order chi connectivity index (χ0) is 11.3. The molecule has 3 heteroatoms. The second-order valence-electron chi connectivity index (χ2n) is 4.57. The van der Waals surface area contributed by atoms with Crippen LogP contribution in [0.1, 0.15) is 46.0 Å². The lowest BCUT2D eigenvalue weighted by Gasteiger charge is -2.24. The van der Waals surface area contributed by atoms with Gasteiger partial charge in [0, 0.05) is 13.1 Å². The molecule has 0 spiro atoms. The van der Waals surface area contributed by atoms with Crippen LogP contribution in [0.3, 0.4) is 0 Å². The van der Waals surface area contributed by atoms with E-state index in [-0.39, 0.29) is 11.9 Å². The predicted molar refractivity (Wildman–Crippen MR) is 62.5 cm³/mol. The minimum atomic E-state index is -0.274. The molecule has 0 bridgehead atoms. The van der Waals surface area contributed by atoms with Gasteiger partial charge in [-0.15, -0.1) is 0 Å². The summed E-state index contributed by atoms with van der Waals surface area (Å²) in [5, 5.41) is 0. The van der Waals surface area contributed by atoms with E-state index in [1.54, 1.807) is 0 Å². The average Bonchev–Trinajstić information content (AvgIpc) is 3.05. The molecule has 0 aromatic heterocycles. The molecule has 1 amide bonds. The molecule has 0 saturated heterocycles. The summed E-state index contributed by atoms with van der Waals surface area (Å²) in [6.45, 7) is 5.89. The van der Waals surface area contributed by atoms with Crippen LogP contribution in [0.4, 0.5) is 0 Å². The van der Waals surface area contributed by atoms with Crippen molar-refractivity contribution >= 4 is 5.91 Å². The van der Waals surface area contributed by atoms with Crippen molar-refractivity contribution in [3.8, 4) is 0 Å². The predicted octanol–water partition coefficient (Wildman–Crippen LogP) is 1.76. The number of likely N-dealkylation sites (N-methyl/N-ethyl adjacent to an activating group) is 1. The summed E-state index contributed by atoms with van der Waals surface area (Å²) >= 11 is 0. The first-order valence-electron chi connectivity index (χ1n) is 6.23. The molecule has 1 unspecified atom stereocenters. The maximum absolute atomic E-state index is 11.9. The van der Waals surface area contributed by atoms with Gasteiger partial charge in [-0.05, 0) is 32.1 Å². The summed E-state index contributed by atoms with van der Waals surface area (Å²) in [6, 6.07) is -0.274. The first-order chi connectivity index (χ1) is 7.19. The fourth-order valence-electron chi connectivity index (χ4n) is 1.77. The van der Waals surface area contributed by atoms with E-state index >= 15 is 0 Å². The van der Waals surface area contributed by atoms with Crippen molar-refractivity contribution in [3.05, 3.63) is 0 Å². The highest BCUT2D eigenvalue weighted by atomic mass is 16.2. The van der Waals surface area contributed by atoms with Crippen LogP contribution in [0.15, 0.2) is 0 Å². The molecule has 3 nitrogen and oxygen atoms in total. The Hall–Kier alpha value is -0.570. The summed E-state index contributed by atoms with van der Waals surface area (Å²) < 4.78 is 0. The van der Waals surface area contributed by atoms with Crippen LogP contribution in [0.25, 0.3) is 0 Å². The maximum Gasteiger partial charge on any atom is 0.239 e. The van der Waals surface area contributed by atoms with Crippen molar-refractivity contribution < 1.29 is 4.79 Å². The van der Waals surface area contributed by atoms with Gasteiger partial charge in [0.2, 0.25) is 5.91 Å². The smallest absolute Gasteiger partial charge is 0.239 e. The van der Waals surface area contributed by atoms with Gasteiger partial charge in [0.1, 0.15) is 0 Å². The second-order valence-corrected chi connectivity index (χ2v) is 4.57. The minimum Gasteiger partial charge on any atom is -0.341 e. The number of amides is 1. The summed E-state index contributed by atoms with van der Waals surface area (Å²) in [7, 11) is 0. The molecule has 1 saturated carbocycles. The zero-order valence-corrected chi connectivity index (χ0v) is 10.0. The first-order valence-corrected chi connectivity index (χ1v) is 6.23. The Labute approximate surface area is 93.0 Å². The third-order valence-electron chi connectivity index (χ3n) is 3.05. The van der Waals surface area contributed by atoms with Crippen LogP contribution >= 0.6 is 0 Å². The Morgan fingerprint density at radius 2 is 2.13 bits per heavy atom. The van der Waals surface area contributed by atoms with Gasteiger partial charge in [-0.2, -0.15) is 0 Å². The highest BCUT2D eigenvalue weighted by Gasteiger charge is 2.27. The zero-order valence-electron chi connectivity index (χ0n) is 10.0. The number of carbonyl (C=O) groups excluding carboxylic acids is 1. The molecule has 0 aromatic rings. The number of nitrogens with zero attached hydrogens (tertiary/aromatic N) is 1. The van der Waals surface area contributed by atoms with Gasteiger partial charge < -0.3 is 10.6 Å². The standard InChI is InChI=1S/C12H24N2O/c1-3-5-6-11(13)12(15)14(4-2)9-10-7-8-10/h10-11H,3-9,13H2,1-2H3. The summed E-state index contributed by atoms with van der Waals surface area (Å²) in [5.41, 5.74) is 5.88. The maximum atomic E-state index is 11.9. The number of hydrogen-bond donors (Lipinski definition) is 1. The Morgan fingerprint density at radius 3 is 2.60 bits per heavy atom. The van der Waals surface area contributed by atoms with Gasteiger partial charge in [-0.1, -0.05) is 19.8 Å². The quantitative estimate of drug-likeness (QED) is 0.699. The lowest BCUT2D eigenvalue weighted by Crippen LogP contribution is -2.44. The van der Waals surface area contributed by atoms with Gasteiger partial charge in [-0.25, -0.2) is 0 Å². The Bertz CT molecular complexity index is 202. The van der Waals surface area contributed by atoms with E-state index in [4.69, 9.17) is 5.73 Å². The fourth-order valence-corrected chi connectivity index (χ4v) is 1.77. The van der Waals surface area contributed by atoms with Gasteiger partial charge in [0.15, 0.2) is 0 Å². The molecule has 1 aliphatic rings. The number of rotatable bonds is 7. The van der Waals surface area contributed by atoms with Crippen LogP contribution in [-0.4, -0.2) is 29.9 Å². The molecule has 2 N–H and O–H groups in total. The fraction of sp³-hybridized carbons (Fsp3) is 0.917. The second kappa shape index (κ2) is 6.11. The van der Waals surface area contributed by atoms with Gasteiger partial charge in [0.05, 0.1) is 6.04 Å². The molecular weight excluding hydrogens is 188 g/mol. The van der Waals surface area contributed by atoms with E-state index in [0.29, 0.717) is 0 Å².